The molecule has 1 saturated heterocycles. The van der Waals surface area contributed by atoms with E-state index in [1.807, 2.05) is 12.1 Å². The van der Waals surface area contributed by atoms with Crippen LogP contribution in [0.2, 0.25) is 0 Å². The Hall–Kier alpha value is -1.79. The average Bonchev–Trinajstić information content (AvgIpc) is 2.99. The maximum atomic E-state index is 10.2. The largest absolute Gasteiger partial charge is 0.379 e. The Bertz CT molecular complexity index is 505. The summed E-state index contributed by atoms with van der Waals surface area (Å²) >= 11 is 0. The van der Waals surface area contributed by atoms with Crippen LogP contribution in [0.5, 0.6) is 0 Å². The predicted octanol–water partition coefficient (Wildman–Crippen LogP) is 0.312. The van der Waals surface area contributed by atoms with Crippen LogP contribution in [0.3, 0.4) is 0 Å². The number of β-amino-alcohol motifs (C(OH)–C–C–N with tert-alkyl or cyclic N) is 1. The molecule has 0 bridgehead atoms. The molecule has 0 saturated carbocycles. The second kappa shape index (κ2) is 3.90. The topological polar surface area (TPSA) is 84.1 Å². The molecule has 1 unspecified atom stereocenters. The smallest absolute Gasteiger partial charge is 0.260 e. The van der Waals surface area contributed by atoms with Gasteiger partial charge in [-0.15, -0.1) is 0 Å². The van der Waals surface area contributed by atoms with Crippen molar-refractivity contribution in [3.63, 3.8) is 0 Å². The number of pyridine rings is 1. The molecule has 1 atom stereocenters. The van der Waals surface area contributed by atoms with Crippen LogP contribution in [0.15, 0.2) is 28.9 Å². The molecule has 2 N–H and O–H groups in total. The van der Waals surface area contributed by atoms with Crippen molar-refractivity contribution < 1.29 is 9.63 Å². The average molecular weight is 232 g/mol. The van der Waals surface area contributed by atoms with Crippen molar-refractivity contribution in [2.75, 3.05) is 13.1 Å². The monoisotopic (exact) mass is 232 g/mol. The number of rotatable bonds is 2. The van der Waals surface area contributed by atoms with Crippen LogP contribution < -0.4 is 5.32 Å². The summed E-state index contributed by atoms with van der Waals surface area (Å²) in [4.78, 5) is 8.33. The van der Waals surface area contributed by atoms with E-state index in [0.29, 0.717) is 24.5 Å². The molecule has 0 aliphatic carbocycles. The van der Waals surface area contributed by atoms with Gasteiger partial charge in [0.15, 0.2) is 5.60 Å². The number of aromatic nitrogens is 3. The molecule has 0 aromatic carbocycles. The van der Waals surface area contributed by atoms with E-state index in [-0.39, 0.29) is 5.89 Å². The van der Waals surface area contributed by atoms with Crippen molar-refractivity contribution in [3.05, 3.63) is 30.3 Å². The highest BCUT2D eigenvalue weighted by atomic mass is 16.5. The summed E-state index contributed by atoms with van der Waals surface area (Å²) in [7, 11) is 0. The summed E-state index contributed by atoms with van der Waals surface area (Å²) in [6.45, 7) is 1.19. The molecule has 1 aliphatic rings. The fraction of sp³-hybridized carbons (Fsp3) is 0.364. The third-order valence-corrected chi connectivity index (χ3v) is 2.85. The van der Waals surface area contributed by atoms with Crippen molar-refractivity contribution in [2.24, 2.45) is 0 Å². The van der Waals surface area contributed by atoms with Crippen molar-refractivity contribution in [3.8, 4) is 11.5 Å². The lowest BCUT2D eigenvalue weighted by atomic mass is 10.0. The Morgan fingerprint density at radius 2 is 2.35 bits per heavy atom. The van der Waals surface area contributed by atoms with E-state index in [9.17, 15) is 5.11 Å². The molecule has 0 radical (unpaired) electrons. The first kappa shape index (κ1) is 10.4. The summed E-state index contributed by atoms with van der Waals surface area (Å²) in [5.41, 5.74) is -0.405. The van der Waals surface area contributed by atoms with E-state index in [2.05, 4.69) is 20.4 Å². The highest BCUT2D eigenvalue weighted by molar-refractivity contribution is 5.47. The van der Waals surface area contributed by atoms with Crippen LogP contribution in [0, 0.1) is 0 Å². The Morgan fingerprint density at radius 1 is 1.41 bits per heavy atom. The first-order valence-electron chi connectivity index (χ1n) is 5.47. The zero-order chi connectivity index (χ0) is 11.7. The van der Waals surface area contributed by atoms with Crippen LogP contribution in [0.25, 0.3) is 11.5 Å². The van der Waals surface area contributed by atoms with Crippen molar-refractivity contribution >= 4 is 0 Å². The van der Waals surface area contributed by atoms with E-state index in [0.717, 1.165) is 6.54 Å². The predicted molar refractivity (Wildman–Crippen MR) is 58.9 cm³/mol. The fourth-order valence-corrected chi connectivity index (χ4v) is 1.87. The van der Waals surface area contributed by atoms with Gasteiger partial charge in [-0.2, -0.15) is 4.98 Å². The molecular formula is C11H12N4O2. The van der Waals surface area contributed by atoms with E-state index in [1.165, 1.54) is 0 Å². The fourth-order valence-electron chi connectivity index (χ4n) is 1.87. The second-order valence-corrected chi connectivity index (χ2v) is 4.10. The van der Waals surface area contributed by atoms with E-state index >= 15 is 0 Å². The number of hydrogen-bond donors (Lipinski definition) is 2. The zero-order valence-corrected chi connectivity index (χ0v) is 9.13. The van der Waals surface area contributed by atoms with Gasteiger partial charge in [-0.1, -0.05) is 11.2 Å². The van der Waals surface area contributed by atoms with Gasteiger partial charge in [-0.05, 0) is 25.1 Å². The molecule has 88 valence electrons. The minimum atomic E-state index is -1.04. The Kier molecular flexibility index (Phi) is 2.38. The standard InChI is InChI=1S/C11H12N4O2/c16-11(4-6-12-7-11)10-14-9(15-17-10)8-3-1-2-5-13-8/h1-3,5,12,16H,4,6-7H2. The van der Waals surface area contributed by atoms with Gasteiger partial charge in [0.2, 0.25) is 5.82 Å². The molecular weight excluding hydrogens is 220 g/mol. The molecule has 17 heavy (non-hydrogen) atoms. The van der Waals surface area contributed by atoms with Gasteiger partial charge in [-0.25, -0.2) is 0 Å². The third-order valence-electron chi connectivity index (χ3n) is 2.85. The first-order chi connectivity index (χ1) is 8.28. The van der Waals surface area contributed by atoms with E-state index in [4.69, 9.17) is 4.52 Å². The third kappa shape index (κ3) is 1.81. The highest BCUT2D eigenvalue weighted by Gasteiger charge is 2.38. The molecule has 3 rings (SSSR count). The quantitative estimate of drug-likeness (QED) is 0.775. The van der Waals surface area contributed by atoms with Gasteiger partial charge in [0.05, 0.1) is 0 Å². The van der Waals surface area contributed by atoms with Crippen LogP contribution in [-0.4, -0.2) is 33.3 Å². The summed E-state index contributed by atoms with van der Waals surface area (Å²) < 4.78 is 5.11. The first-order valence-corrected chi connectivity index (χ1v) is 5.47. The van der Waals surface area contributed by atoms with Gasteiger partial charge >= 0.3 is 0 Å². The lowest BCUT2D eigenvalue weighted by molar-refractivity contribution is 0.0243. The lowest BCUT2D eigenvalue weighted by Gasteiger charge is -2.14. The van der Waals surface area contributed by atoms with Gasteiger partial charge < -0.3 is 14.9 Å². The summed E-state index contributed by atoms with van der Waals surface area (Å²) in [5, 5.41) is 17.2. The van der Waals surface area contributed by atoms with Gasteiger partial charge in [-0.3, -0.25) is 4.98 Å². The van der Waals surface area contributed by atoms with E-state index < -0.39 is 5.60 Å². The lowest BCUT2D eigenvalue weighted by Crippen LogP contribution is -2.28. The molecule has 2 aromatic heterocycles. The number of hydrogen-bond acceptors (Lipinski definition) is 6. The molecule has 1 aliphatic heterocycles. The molecule has 0 amide bonds. The SMILES string of the molecule is OC1(c2nc(-c3ccccn3)no2)CCNC1. The van der Waals surface area contributed by atoms with E-state index in [1.54, 1.807) is 12.3 Å². The van der Waals surface area contributed by atoms with Crippen LogP contribution in [0.1, 0.15) is 12.3 Å². The number of nitrogens with zero attached hydrogens (tertiary/aromatic N) is 3. The maximum Gasteiger partial charge on any atom is 0.260 e. The van der Waals surface area contributed by atoms with Crippen molar-refractivity contribution in [1.82, 2.24) is 20.4 Å². The summed E-state index contributed by atoms with van der Waals surface area (Å²) in [5.74, 6) is 0.657. The number of aliphatic hydroxyl groups is 1. The Morgan fingerprint density at radius 3 is 3.06 bits per heavy atom. The minimum absolute atomic E-state index is 0.253. The zero-order valence-electron chi connectivity index (χ0n) is 9.13. The molecule has 1 fully saturated rings. The molecule has 6 heteroatoms. The molecule has 0 spiro atoms. The maximum absolute atomic E-state index is 10.2. The molecule has 6 nitrogen and oxygen atoms in total. The Balaban J connectivity index is 1.93. The second-order valence-electron chi connectivity index (χ2n) is 4.10. The van der Waals surface area contributed by atoms with Crippen LogP contribution >= 0.6 is 0 Å². The van der Waals surface area contributed by atoms with Gasteiger partial charge in [0.1, 0.15) is 5.69 Å². The molecule has 3 heterocycles. The normalized spacial score (nSPS) is 24.1. The van der Waals surface area contributed by atoms with Crippen LogP contribution in [-0.2, 0) is 5.60 Å². The van der Waals surface area contributed by atoms with Crippen molar-refractivity contribution in [2.45, 2.75) is 12.0 Å². The van der Waals surface area contributed by atoms with Crippen molar-refractivity contribution in [1.29, 1.82) is 0 Å². The number of nitrogens with one attached hydrogen (secondary N) is 1. The van der Waals surface area contributed by atoms with Gasteiger partial charge in [0, 0.05) is 12.7 Å². The highest BCUT2D eigenvalue weighted by Crippen LogP contribution is 2.27. The van der Waals surface area contributed by atoms with Crippen LogP contribution in [0.4, 0.5) is 0 Å². The summed E-state index contributed by atoms with van der Waals surface area (Å²) in [6.07, 6.45) is 2.24. The minimum Gasteiger partial charge on any atom is -0.379 e. The van der Waals surface area contributed by atoms with Gasteiger partial charge in [0.25, 0.3) is 5.89 Å². The summed E-state index contributed by atoms with van der Waals surface area (Å²) in [6, 6.07) is 5.47. The Labute approximate surface area is 97.7 Å². The molecule has 2 aromatic rings.